The number of hydrogen-bond donors (Lipinski definition) is 1. The van der Waals surface area contributed by atoms with E-state index in [4.69, 9.17) is 20.8 Å². The Hall–Kier alpha value is -2.01. The fraction of sp³-hybridized carbons (Fsp3) is 0.167. The van der Waals surface area contributed by atoms with Crippen LogP contribution in [0.3, 0.4) is 0 Å². The van der Waals surface area contributed by atoms with Crippen molar-refractivity contribution in [2.24, 2.45) is 0 Å². The number of halogens is 2. The number of furan rings is 1. The molecular formula is C18H17Cl2N2O2-. The maximum Gasteiger partial charge on any atom is 0.137 e. The minimum Gasteiger partial charge on any atom is -1.00 e. The zero-order valence-corrected chi connectivity index (χ0v) is 14.6. The van der Waals surface area contributed by atoms with Crippen molar-refractivity contribution in [3.05, 3.63) is 71.2 Å². The number of nitrogens with zero attached hydrogens (tertiary/aromatic N) is 1. The van der Waals surface area contributed by atoms with Crippen LogP contribution in [0.2, 0.25) is 5.02 Å². The van der Waals surface area contributed by atoms with Crippen LogP contribution in [0.1, 0.15) is 11.5 Å². The lowest BCUT2D eigenvalue weighted by Crippen LogP contribution is -3.00. The molecule has 0 fully saturated rings. The van der Waals surface area contributed by atoms with Gasteiger partial charge in [0, 0.05) is 18.3 Å². The van der Waals surface area contributed by atoms with E-state index in [2.05, 4.69) is 10.3 Å². The summed E-state index contributed by atoms with van der Waals surface area (Å²) >= 11 is 6.15. The summed E-state index contributed by atoms with van der Waals surface area (Å²) < 4.78 is 11.0. The maximum absolute atomic E-state index is 6.15. The van der Waals surface area contributed by atoms with Gasteiger partial charge in [-0.25, -0.2) is 0 Å². The summed E-state index contributed by atoms with van der Waals surface area (Å²) in [5.74, 6) is 2.30. The van der Waals surface area contributed by atoms with Crippen molar-refractivity contribution < 1.29 is 21.6 Å². The van der Waals surface area contributed by atoms with Gasteiger partial charge in [-0.3, -0.25) is 4.98 Å². The molecule has 0 saturated carbocycles. The summed E-state index contributed by atoms with van der Waals surface area (Å²) in [5, 5.41) is 3.88. The molecule has 2 aromatic heterocycles. The number of methoxy groups -OCH3 is 1. The second-order valence-electron chi connectivity index (χ2n) is 5.04. The van der Waals surface area contributed by atoms with Crippen molar-refractivity contribution >= 4 is 11.6 Å². The topological polar surface area (TPSA) is 47.3 Å². The summed E-state index contributed by atoms with van der Waals surface area (Å²) in [6.07, 6.45) is 1.79. The number of benzene rings is 1. The van der Waals surface area contributed by atoms with Gasteiger partial charge in [-0.1, -0.05) is 17.7 Å². The molecule has 0 saturated heterocycles. The van der Waals surface area contributed by atoms with Crippen LogP contribution in [0, 0.1) is 0 Å². The van der Waals surface area contributed by atoms with Crippen LogP contribution >= 0.6 is 11.6 Å². The van der Waals surface area contributed by atoms with Crippen LogP contribution in [-0.4, -0.2) is 12.1 Å². The lowest BCUT2D eigenvalue weighted by Gasteiger charge is -2.04. The zero-order valence-electron chi connectivity index (χ0n) is 13.1. The SMILES string of the molecule is COc1ccc(-c2ccc(CNCc3ccccn3)o2)cc1Cl.[Cl-]. The summed E-state index contributed by atoms with van der Waals surface area (Å²) in [6.45, 7) is 1.34. The molecule has 0 unspecified atom stereocenters. The van der Waals surface area contributed by atoms with Gasteiger partial charge in [0.2, 0.25) is 0 Å². The van der Waals surface area contributed by atoms with Crippen molar-refractivity contribution in [2.75, 3.05) is 7.11 Å². The van der Waals surface area contributed by atoms with Crippen LogP contribution < -0.4 is 22.5 Å². The van der Waals surface area contributed by atoms with Crippen molar-refractivity contribution in [1.29, 1.82) is 0 Å². The van der Waals surface area contributed by atoms with Crippen LogP contribution in [0.15, 0.2) is 59.1 Å². The van der Waals surface area contributed by atoms with E-state index in [9.17, 15) is 0 Å². The third kappa shape index (κ3) is 4.51. The number of ether oxygens (including phenoxy) is 1. The number of pyridine rings is 1. The Morgan fingerprint density at radius 2 is 2.00 bits per heavy atom. The van der Waals surface area contributed by atoms with E-state index in [1.807, 2.05) is 48.5 Å². The molecule has 1 aromatic carbocycles. The number of hydrogen-bond acceptors (Lipinski definition) is 4. The Labute approximate surface area is 152 Å². The van der Waals surface area contributed by atoms with E-state index in [1.165, 1.54) is 0 Å². The van der Waals surface area contributed by atoms with Crippen LogP contribution in [0.25, 0.3) is 11.3 Å². The predicted molar refractivity (Wildman–Crippen MR) is 90.5 cm³/mol. The highest BCUT2D eigenvalue weighted by atomic mass is 35.5. The Morgan fingerprint density at radius 1 is 1.12 bits per heavy atom. The van der Waals surface area contributed by atoms with Gasteiger partial charge in [0.15, 0.2) is 0 Å². The Balaban J connectivity index is 0.00000208. The first-order valence-electron chi connectivity index (χ1n) is 7.29. The van der Waals surface area contributed by atoms with E-state index < -0.39 is 0 Å². The molecule has 0 aliphatic heterocycles. The molecule has 0 spiro atoms. The highest BCUT2D eigenvalue weighted by molar-refractivity contribution is 6.32. The minimum absolute atomic E-state index is 0. The molecule has 3 aromatic rings. The van der Waals surface area contributed by atoms with Crippen LogP contribution in [-0.2, 0) is 13.1 Å². The van der Waals surface area contributed by atoms with Crippen molar-refractivity contribution in [3.8, 4) is 17.1 Å². The minimum atomic E-state index is 0. The van der Waals surface area contributed by atoms with Gasteiger partial charge in [-0.2, -0.15) is 0 Å². The summed E-state index contributed by atoms with van der Waals surface area (Å²) in [7, 11) is 1.60. The highest BCUT2D eigenvalue weighted by Crippen LogP contribution is 2.31. The Bertz CT molecular complexity index is 776. The molecule has 24 heavy (non-hydrogen) atoms. The maximum atomic E-state index is 6.15. The Morgan fingerprint density at radius 3 is 2.71 bits per heavy atom. The fourth-order valence-corrected chi connectivity index (χ4v) is 2.52. The zero-order chi connectivity index (χ0) is 16.1. The monoisotopic (exact) mass is 363 g/mol. The van der Waals surface area contributed by atoms with Gasteiger partial charge in [0.05, 0.1) is 24.4 Å². The summed E-state index contributed by atoms with van der Waals surface area (Å²) in [5.41, 5.74) is 1.92. The van der Waals surface area contributed by atoms with Crippen LogP contribution in [0.4, 0.5) is 0 Å². The third-order valence-electron chi connectivity index (χ3n) is 3.43. The number of rotatable bonds is 6. The normalized spacial score (nSPS) is 10.2. The molecule has 6 heteroatoms. The van der Waals surface area contributed by atoms with E-state index in [-0.39, 0.29) is 12.4 Å². The molecule has 0 aliphatic carbocycles. The lowest BCUT2D eigenvalue weighted by molar-refractivity contribution is -0.00000550. The molecular weight excluding hydrogens is 347 g/mol. The second kappa shape index (κ2) is 8.73. The van der Waals surface area contributed by atoms with E-state index in [1.54, 1.807) is 13.3 Å². The number of nitrogens with one attached hydrogen (secondary N) is 1. The predicted octanol–water partition coefficient (Wildman–Crippen LogP) is 1.30. The molecule has 126 valence electrons. The van der Waals surface area contributed by atoms with Gasteiger partial charge >= 0.3 is 0 Å². The molecule has 0 atom stereocenters. The molecule has 0 radical (unpaired) electrons. The van der Waals surface area contributed by atoms with Gasteiger partial charge in [-0.05, 0) is 42.5 Å². The van der Waals surface area contributed by atoms with Crippen molar-refractivity contribution in [2.45, 2.75) is 13.1 Å². The standard InChI is InChI=1S/C18H17ClN2O2.ClH/c1-22-18-7-5-13(10-16(18)19)17-8-6-15(23-17)12-20-11-14-4-2-3-9-21-14;/h2-10,20H,11-12H2,1H3;1H/p-1. The van der Waals surface area contributed by atoms with E-state index in [0.29, 0.717) is 23.9 Å². The van der Waals surface area contributed by atoms with Crippen molar-refractivity contribution in [1.82, 2.24) is 10.3 Å². The molecule has 2 heterocycles. The highest BCUT2D eigenvalue weighted by Gasteiger charge is 2.08. The average molecular weight is 364 g/mol. The van der Waals surface area contributed by atoms with Crippen molar-refractivity contribution in [3.63, 3.8) is 0 Å². The van der Waals surface area contributed by atoms with E-state index >= 15 is 0 Å². The van der Waals surface area contributed by atoms with E-state index in [0.717, 1.165) is 22.8 Å². The molecule has 1 N–H and O–H groups in total. The molecule has 0 aliphatic rings. The first kappa shape index (κ1) is 18.3. The van der Waals surface area contributed by atoms with Gasteiger partial charge in [0.1, 0.15) is 17.3 Å². The molecule has 3 rings (SSSR count). The number of aromatic nitrogens is 1. The van der Waals surface area contributed by atoms with Gasteiger partial charge in [-0.15, -0.1) is 0 Å². The Kier molecular flexibility index (Phi) is 6.67. The second-order valence-corrected chi connectivity index (χ2v) is 5.45. The third-order valence-corrected chi connectivity index (χ3v) is 3.72. The molecule has 0 amide bonds. The lowest BCUT2D eigenvalue weighted by atomic mass is 10.2. The quantitative estimate of drug-likeness (QED) is 0.716. The smallest absolute Gasteiger partial charge is 0.137 e. The summed E-state index contributed by atoms with van der Waals surface area (Å²) in [6, 6.07) is 15.4. The average Bonchev–Trinajstić information content (AvgIpc) is 3.05. The first-order chi connectivity index (χ1) is 11.3. The first-order valence-corrected chi connectivity index (χ1v) is 7.67. The van der Waals surface area contributed by atoms with Crippen LogP contribution in [0.5, 0.6) is 5.75 Å². The fourth-order valence-electron chi connectivity index (χ4n) is 2.26. The summed E-state index contributed by atoms with van der Waals surface area (Å²) in [4.78, 5) is 4.27. The van der Waals surface area contributed by atoms with Gasteiger partial charge in [0.25, 0.3) is 0 Å². The molecule has 4 nitrogen and oxygen atoms in total. The van der Waals surface area contributed by atoms with Gasteiger partial charge < -0.3 is 26.9 Å². The largest absolute Gasteiger partial charge is 1.00 e. The molecule has 0 bridgehead atoms.